The molecular weight excluding hydrogens is 940 g/mol. The van der Waals surface area contributed by atoms with E-state index in [2.05, 4.69) is 38.2 Å². The van der Waals surface area contributed by atoms with E-state index in [4.69, 9.17) is 13.8 Å². The van der Waals surface area contributed by atoms with Crippen molar-refractivity contribution < 1.29 is 37.3 Å². The van der Waals surface area contributed by atoms with Crippen molar-refractivity contribution in [2.45, 2.75) is 335 Å². The van der Waals surface area contributed by atoms with Crippen LogP contribution in [0.15, 0.2) is 24.3 Å². The monoisotopic (exact) mass is 1060 g/mol. The molecule has 438 valence electrons. The third-order valence-corrected chi connectivity index (χ3v) is 15.6. The Morgan fingerprint density at radius 3 is 1.15 bits per heavy atom. The van der Waals surface area contributed by atoms with Crippen molar-refractivity contribution in [3.8, 4) is 0 Å². The molecule has 1 amide bonds. The van der Waals surface area contributed by atoms with Crippen LogP contribution in [0.3, 0.4) is 0 Å². The smallest absolute Gasteiger partial charge is 0.306 e. The van der Waals surface area contributed by atoms with Gasteiger partial charge in [0.05, 0.1) is 33.8 Å². The van der Waals surface area contributed by atoms with E-state index in [1.165, 1.54) is 231 Å². The van der Waals surface area contributed by atoms with Gasteiger partial charge in [-0.05, 0) is 57.4 Å². The lowest BCUT2D eigenvalue weighted by Crippen LogP contribution is -2.47. The second-order valence-electron chi connectivity index (χ2n) is 23.3. The number of esters is 1. The number of phosphoric ester groups is 1. The summed E-state index contributed by atoms with van der Waals surface area (Å²) in [4.78, 5) is 40.0. The molecule has 0 aliphatic heterocycles. The maximum Gasteiger partial charge on any atom is 0.306 e. The second kappa shape index (κ2) is 54.8. The lowest BCUT2D eigenvalue weighted by molar-refractivity contribution is -0.870. The van der Waals surface area contributed by atoms with Crippen LogP contribution >= 0.6 is 7.82 Å². The number of likely N-dealkylation sites (N-methyl/N-ethyl adjacent to an activating group) is 1. The molecule has 0 aromatic carbocycles. The Kier molecular flexibility index (Phi) is 53.7. The van der Waals surface area contributed by atoms with E-state index in [1.54, 1.807) is 0 Å². The molecule has 0 aliphatic rings. The van der Waals surface area contributed by atoms with Gasteiger partial charge in [-0.15, -0.1) is 0 Å². The number of nitrogens with one attached hydrogen (secondary N) is 1. The average Bonchev–Trinajstić information content (AvgIpc) is 3.36. The van der Waals surface area contributed by atoms with E-state index in [0.717, 1.165) is 57.8 Å². The highest BCUT2D eigenvalue weighted by Crippen LogP contribution is 2.38. The van der Waals surface area contributed by atoms with E-state index >= 15 is 0 Å². The first-order valence-corrected chi connectivity index (χ1v) is 33.6. The molecule has 1 N–H and O–H groups in total. The fourth-order valence-electron chi connectivity index (χ4n) is 9.64. The number of phosphoric acid groups is 1. The highest BCUT2D eigenvalue weighted by Gasteiger charge is 2.27. The first-order chi connectivity index (χ1) is 35.9. The number of hydrogen-bond acceptors (Lipinski definition) is 7. The molecule has 0 bridgehead atoms. The first kappa shape index (κ1) is 72.5. The van der Waals surface area contributed by atoms with Gasteiger partial charge in [-0.25, -0.2) is 0 Å². The fraction of sp³-hybridized carbons (Fsp3) is 0.906. The van der Waals surface area contributed by atoms with Crippen LogP contribution in [-0.2, 0) is 27.9 Å². The maximum absolute atomic E-state index is 13.5. The highest BCUT2D eigenvalue weighted by atomic mass is 31.2. The standard InChI is InChI=1S/C64H125N2O7P/c1-7-10-13-16-19-22-25-28-29-30-31-32-33-34-35-36-37-39-42-45-48-51-54-57-64(68)73-62(55-52-49-46-43-40-27-24-21-18-15-12-9-3)61(60-72-74(69,70)71-59-58-66(4,5)6)65-63(67)56-53-50-47-44-41-38-26-23-20-17-14-11-8-2/h28-29,52,55,61-62H,7-27,30-51,53-54,56-60H2,1-6H3,(H-,65,67,69,70)/b29-28+,55-52+. The molecule has 3 unspecified atom stereocenters. The van der Waals surface area contributed by atoms with Gasteiger partial charge in [0.1, 0.15) is 19.3 Å². The molecule has 0 radical (unpaired) electrons. The second-order valence-corrected chi connectivity index (χ2v) is 24.7. The van der Waals surface area contributed by atoms with Crippen LogP contribution < -0.4 is 10.2 Å². The first-order valence-electron chi connectivity index (χ1n) is 32.1. The van der Waals surface area contributed by atoms with Crippen molar-refractivity contribution in [1.82, 2.24) is 5.32 Å². The van der Waals surface area contributed by atoms with Gasteiger partial charge in [0.2, 0.25) is 5.91 Å². The molecule has 0 heterocycles. The van der Waals surface area contributed by atoms with Crippen molar-refractivity contribution in [2.75, 3.05) is 40.9 Å². The topological polar surface area (TPSA) is 114 Å². The Morgan fingerprint density at radius 2 is 0.784 bits per heavy atom. The fourth-order valence-corrected chi connectivity index (χ4v) is 10.4. The zero-order valence-electron chi connectivity index (χ0n) is 50.1. The molecule has 9 nitrogen and oxygen atoms in total. The van der Waals surface area contributed by atoms with Crippen LogP contribution in [0.4, 0.5) is 0 Å². The zero-order valence-corrected chi connectivity index (χ0v) is 51.0. The van der Waals surface area contributed by atoms with Crippen molar-refractivity contribution in [2.24, 2.45) is 0 Å². The molecule has 0 rings (SSSR count). The van der Waals surface area contributed by atoms with Gasteiger partial charge in [0, 0.05) is 12.8 Å². The van der Waals surface area contributed by atoms with Crippen LogP contribution in [0, 0.1) is 0 Å². The highest BCUT2D eigenvalue weighted by molar-refractivity contribution is 7.45. The third-order valence-electron chi connectivity index (χ3n) is 14.6. The molecule has 0 aromatic heterocycles. The Labute approximate surface area is 460 Å². The minimum absolute atomic E-state index is 0.0183. The molecule has 0 spiro atoms. The number of nitrogens with zero attached hydrogens (tertiary/aromatic N) is 1. The van der Waals surface area contributed by atoms with Gasteiger partial charge >= 0.3 is 5.97 Å². The predicted octanol–water partition coefficient (Wildman–Crippen LogP) is 19.1. The Bertz CT molecular complexity index is 1320. The van der Waals surface area contributed by atoms with Crippen LogP contribution in [0.2, 0.25) is 0 Å². The molecule has 0 saturated carbocycles. The van der Waals surface area contributed by atoms with Gasteiger partial charge in [-0.1, -0.05) is 277 Å². The van der Waals surface area contributed by atoms with E-state index in [-0.39, 0.29) is 31.5 Å². The van der Waals surface area contributed by atoms with Gasteiger partial charge in [-0.2, -0.15) is 0 Å². The van der Waals surface area contributed by atoms with Crippen molar-refractivity contribution in [3.63, 3.8) is 0 Å². The molecule has 74 heavy (non-hydrogen) atoms. The van der Waals surface area contributed by atoms with Crippen LogP contribution in [0.5, 0.6) is 0 Å². The normalized spacial score (nSPS) is 13.8. The summed E-state index contributed by atoms with van der Waals surface area (Å²) in [6.07, 6.45) is 64.3. The number of allylic oxidation sites excluding steroid dienone is 3. The number of carbonyl (C=O) groups is 2. The lowest BCUT2D eigenvalue weighted by Gasteiger charge is -2.30. The number of hydrogen-bond donors (Lipinski definition) is 1. The minimum Gasteiger partial charge on any atom is -0.756 e. The predicted molar refractivity (Wildman–Crippen MR) is 317 cm³/mol. The van der Waals surface area contributed by atoms with Crippen LogP contribution in [0.25, 0.3) is 0 Å². The largest absolute Gasteiger partial charge is 0.756 e. The molecule has 0 aromatic rings. The van der Waals surface area contributed by atoms with Crippen LogP contribution in [0.1, 0.15) is 323 Å². The third kappa shape index (κ3) is 55.3. The number of carbonyl (C=O) groups excluding carboxylic acids is 2. The number of ether oxygens (including phenoxy) is 1. The Balaban J connectivity index is 5.10. The summed E-state index contributed by atoms with van der Waals surface area (Å²) in [5.41, 5.74) is 0. The summed E-state index contributed by atoms with van der Waals surface area (Å²) in [5, 5.41) is 3.03. The number of rotatable bonds is 59. The summed E-state index contributed by atoms with van der Waals surface area (Å²) in [7, 11) is 1.20. The number of amides is 1. The average molecular weight is 1070 g/mol. The van der Waals surface area contributed by atoms with Crippen molar-refractivity contribution >= 4 is 19.7 Å². The van der Waals surface area contributed by atoms with E-state index < -0.39 is 20.0 Å². The van der Waals surface area contributed by atoms with E-state index in [9.17, 15) is 19.0 Å². The molecule has 0 fully saturated rings. The maximum atomic E-state index is 13.5. The van der Waals surface area contributed by atoms with Crippen molar-refractivity contribution in [3.05, 3.63) is 24.3 Å². The van der Waals surface area contributed by atoms with Gasteiger partial charge < -0.3 is 28.5 Å². The summed E-state index contributed by atoms with van der Waals surface area (Å²) in [6, 6.07) is -0.881. The zero-order chi connectivity index (χ0) is 54.3. The van der Waals surface area contributed by atoms with Gasteiger partial charge in [0.15, 0.2) is 0 Å². The molecule has 0 saturated heterocycles. The van der Waals surface area contributed by atoms with E-state index in [1.807, 2.05) is 33.3 Å². The van der Waals surface area contributed by atoms with E-state index in [0.29, 0.717) is 17.4 Å². The molecule has 3 atom stereocenters. The quantitative estimate of drug-likeness (QED) is 0.0212. The molecule has 0 aliphatic carbocycles. The number of unbranched alkanes of at least 4 members (excludes halogenated alkanes) is 41. The Hall–Kier alpha value is -1.51. The molecular formula is C64H125N2O7P. The minimum atomic E-state index is -4.69. The summed E-state index contributed by atoms with van der Waals surface area (Å²) < 4.78 is 30.3. The summed E-state index contributed by atoms with van der Waals surface area (Å²) in [5.74, 6) is -0.524. The molecule has 10 heteroatoms. The SMILES string of the molecule is CCCCCCCC/C=C/CCCCCCCCCCCCCCCC(=O)OC(/C=C/CCCCCCCCCCCC)C(COP(=O)([O-])OCC[N+](C)(C)C)NC(=O)CCCCCCCCCCCCCCC. The summed E-state index contributed by atoms with van der Waals surface area (Å²) >= 11 is 0. The van der Waals surface area contributed by atoms with Gasteiger partial charge in [0.25, 0.3) is 7.82 Å². The van der Waals surface area contributed by atoms with Crippen molar-refractivity contribution in [1.29, 1.82) is 0 Å². The Morgan fingerprint density at radius 1 is 0.459 bits per heavy atom. The number of quaternary nitrogens is 1. The van der Waals surface area contributed by atoms with Gasteiger partial charge in [-0.3, -0.25) is 14.2 Å². The lowest BCUT2D eigenvalue weighted by atomic mass is 10.0. The summed E-state index contributed by atoms with van der Waals surface area (Å²) in [6.45, 7) is 6.88. The van der Waals surface area contributed by atoms with Crippen LogP contribution in [-0.4, -0.2) is 69.4 Å².